The van der Waals surface area contributed by atoms with E-state index in [-0.39, 0.29) is 10.7 Å². The van der Waals surface area contributed by atoms with Crippen LogP contribution in [0.3, 0.4) is 0 Å². The van der Waals surface area contributed by atoms with Gasteiger partial charge in [0.2, 0.25) is 0 Å². The quantitative estimate of drug-likeness (QED) is 0.797. The first kappa shape index (κ1) is 14.9. The molecule has 0 saturated heterocycles. The van der Waals surface area contributed by atoms with Crippen LogP contribution in [0.5, 0.6) is 0 Å². The Balaban J connectivity index is 3.10. The molecule has 0 N–H and O–H groups in total. The molecule has 1 aromatic carbocycles. The Morgan fingerprint density at radius 2 is 1.72 bits per heavy atom. The van der Waals surface area contributed by atoms with Crippen molar-refractivity contribution >= 4 is 15.6 Å². The van der Waals surface area contributed by atoms with E-state index in [0.717, 1.165) is 5.56 Å². The van der Waals surface area contributed by atoms with E-state index >= 15 is 0 Å². The number of hydrogen-bond acceptors (Lipinski definition) is 3. The van der Waals surface area contributed by atoms with Crippen LogP contribution < -0.4 is 0 Å². The number of benzene rings is 1. The first-order chi connectivity index (χ1) is 8.43. The van der Waals surface area contributed by atoms with Crippen LogP contribution in [0.4, 0.5) is 0 Å². The van der Waals surface area contributed by atoms with Gasteiger partial charge in [0.1, 0.15) is 5.25 Å². The summed E-state index contributed by atoms with van der Waals surface area (Å²) in [6, 6.07) is 6.66. The molecule has 100 valence electrons. The highest BCUT2D eigenvalue weighted by molar-refractivity contribution is 7.92. The SMILES string of the molecule is CCCC(=O)C(CC)S(=O)(=O)c1ccc(C)cc1. The van der Waals surface area contributed by atoms with E-state index in [1.165, 1.54) is 0 Å². The van der Waals surface area contributed by atoms with Crippen molar-refractivity contribution in [3.8, 4) is 0 Å². The second-order valence-electron chi connectivity index (χ2n) is 4.47. The van der Waals surface area contributed by atoms with Crippen molar-refractivity contribution < 1.29 is 13.2 Å². The monoisotopic (exact) mass is 268 g/mol. The van der Waals surface area contributed by atoms with Crippen molar-refractivity contribution in [2.24, 2.45) is 0 Å². The van der Waals surface area contributed by atoms with Crippen LogP contribution in [0.1, 0.15) is 38.7 Å². The van der Waals surface area contributed by atoms with E-state index in [1.807, 2.05) is 13.8 Å². The number of sulfone groups is 1. The average Bonchev–Trinajstić information content (AvgIpc) is 2.30. The highest BCUT2D eigenvalue weighted by Gasteiger charge is 2.31. The summed E-state index contributed by atoms with van der Waals surface area (Å²) in [4.78, 5) is 12.1. The van der Waals surface area contributed by atoms with E-state index in [0.29, 0.717) is 19.3 Å². The molecule has 0 spiro atoms. The molecule has 1 unspecified atom stereocenters. The molecule has 0 aliphatic rings. The lowest BCUT2D eigenvalue weighted by molar-refractivity contribution is -0.118. The highest BCUT2D eigenvalue weighted by Crippen LogP contribution is 2.21. The molecule has 0 bridgehead atoms. The largest absolute Gasteiger partial charge is 0.298 e. The number of hydrogen-bond donors (Lipinski definition) is 0. The molecule has 1 aromatic rings. The molecule has 0 radical (unpaired) electrons. The van der Waals surface area contributed by atoms with Crippen LogP contribution in [0.2, 0.25) is 0 Å². The van der Waals surface area contributed by atoms with Crippen LogP contribution in [0.25, 0.3) is 0 Å². The molecule has 0 aromatic heterocycles. The second-order valence-corrected chi connectivity index (χ2v) is 6.60. The average molecular weight is 268 g/mol. The van der Waals surface area contributed by atoms with E-state index < -0.39 is 15.1 Å². The minimum Gasteiger partial charge on any atom is -0.298 e. The summed E-state index contributed by atoms with van der Waals surface area (Å²) in [5.74, 6) is -0.180. The molecule has 1 rings (SSSR count). The van der Waals surface area contributed by atoms with Gasteiger partial charge >= 0.3 is 0 Å². The van der Waals surface area contributed by atoms with Gasteiger partial charge in [-0.15, -0.1) is 0 Å². The van der Waals surface area contributed by atoms with E-state index in [1.54, 1.807) is 31.2 Å². The Kier molecular flexibility index (Phi) is 5.08. The van der Waals surface area contributed by atoms with Gasteiger partial charge in [-0.25, -0.2) is 8.42 Å². The Bertz CT molecular complexity index is 500. The van der Waals surface area contributed by atoms with Gasteiger partial charge in [-0.1, -0.05) is 31.5 Å². The number of carbonyl (C=O) groups excluding carboxylic acids is 1. The molecule has 0 aliphatic heterocycles. The lowest BCUT2D eigenvalue weighted by Gasteiger charge is -2.14. The van der Waals surface area contributed by atoms with Gasteiger partial charge < -0.3 is 0 Å². The fourth-order valence-corrected chi connectivity index (χ4v) is 3.67. The fraction of sp³-hybridized carbons (Fsp3) is 0.500. The third kappa shape index (κ3) is 3.19. The Labute approximate surface area is 109 Å². The van der Waals surface area contributed by atoms with Gasteiger partial charge in [-0.2, -0.15) is 0 Å². The van der Waals surface area contributed by atoms with Gasteiger partial charge in [0.25, 0.3) is 0 Å². The third-order valence-electron chi connectivity index (χ3n) is 2.95. The predicted molar refractivity (Wildman–Crippen MR) is 72.4 cm³/mol. The first-order valence-electron chi connectivity index (χ1n) is 6.26. The lowest BCUT2D eigenvalue weighted by Crippen LogP contribution is -2.29. The van der Waals surface area contributed by atoms with Crippen LogP contribution in [0, 0.1) is 6.92 Å². The minimum atomic E-state index is -3.54. The second kappa shape index (κ2) is 6.14. The minimum absolute atomic E-state index is 0.180. The maximum absolute atomic E-state index is 12.4. The van der Waals surface area contributed by atoms with E-state index in [9.17, 15) is 13.2 Å². The van der Waals surface area contributed by atoms with Gasteiger partial charge in [0.15, 0.2) is 15.6 Å². The zero-order valence-electron chi connectivity index (χ0n) is 11.1. The number of aryl methyl sites for hydroxylation is 1. The van der Waals surface area contributed by atoms with Crippen molar-refractivity contribution in [2.75, 3.05) is 0 Å². The molecule has 18 heavy (non-hydrogen) atoms. The lowest BCUT2D eigenvalue weighted by atomic mass is 10.1. The number of carbonyl (C=O) groups is 1. The molecular formula is C14H20O3S. The van der Waals surface area contributed by atoms with Crippen molar-refractivity contribution in [1.82, 2.24) is 0 Å². The van der Waals surface area contributed by atoms with Crippen molar-refractivity contribution in [2.45, 2.75) is 50.2 Å². The molecule has 1 atom stereocenters. The van der Waals surface area contributed by atoms with Crippen molar-refractivity contribution in [3.05, 3.63) is 29.8 Å². The molecule has 3 nitrogen and oxygen atoms in total. The fourth-order valence-electron chi connectivity index (χ4n) is 1.92. The number of ketones is 1. The summed E-state index contributed by atoms with van der Waals surface area (Å²) < 4.78 is 24.7. The molecule has 0 fully saturated rings. The van der Waals surface area contributed by atoms with Gasteiger partial charge in [-0.3, -0.25) is 4.79 Å². The molecule has 0 heterocycles. The Morgan fingerprint density at radius 1 is 1.17 bits per heavy atom. The summed E-state index contributed by atoms with van der Waals surface area (Å²) in [6.07, 6.45) is 1.33. The molecule has 0 amide bonds. The first-order valence-corrected chi connectivity index (χ1v) is 7.81. The maximum atomic E-state index is 12.4. The predicted octanol–water partition coefficient (Wildman–Crippen LogP) is 2.92. The van der Waals surface area contributed by atoms with Crippen LogP contribution >= 0.6 is 0 Å². The smallest absolute Gasteiger partial charge is 0.188 e. The summed E-state index contributed by atoms with van der Waals surface area (Å²) in [7, 11) is -3.54. The zero-order valence-corrected chi connectivity index (χ0v) is 12.0. The summed E-state index contributed by atoms with van der Waals surface area (Å²) in [5, 5.41) is -0.903. The Morgan fingerprint density at radius 3 is 2.17 bits per heavy atom. The highest BCUT2D eigenvalue weighted by atomic mass is 32.2. The van der Waals surface area contributed by atoms with Gasteiger partial charge in [0.05, 0.1) is 4.90 Å². The summed E-state index contributed by atoms with van der Waals surface area (Å²) >= 11 is 0. The van der Waals surface area contributed by atoms with E-state index in [2.05, 4.69) is 0 Å². The Hall–Kier alpha value is -1.16. The van der Waals surface area contributed by atoms with Crippen molar-refractivity contribution in [1.29, 1.82) is 0 Å². The summed E-state index contributed by atoms with van der Waals surface area (Å²) in [5.41, 5.74) is 1.00. The topological polar surface area (TPSA) is 51.2 Å². The molecular weight excluding hydrogens is 248 g/mol. The van der Waals surface area contributed by atoms with Gasteiger partial charge in [-0.05, 0) is 31.9 Å². The third-order valence-corrected chi connectivity index (χ3v) is 5.22. The van der Waals surface area contributed by atoms with Crippen LogP contribution in [-0.2, 0) is 14.6 Å². The molecule has 0 saturated carbocycles. The summed E-state index contributed by atoms with van der Waals surface area (Å²) in [6.45, 7) is 5.52. The van der Waals surface area contributed by atoms with Crippen LogP contribution in [-0.4, -0.2) is 19.5 Å². The van der Waals surface area contributed by atoms with Crippen molar-refractivity contribution in [3.63, 3.8) is 0 Å². The number of Topliss-reactive ketones (excluding diaryl/α,β-unsaturated/α-hetero) is 1. The van der Waals surface area contributed by atoms with E-state index in [4.69, 9.17) is 0 Å². The van der Waals surface area contributed by atoms with Crippen LogP contribution in [0.15, 0.2) is 29.2 Å². The molecule has 4 heteroatoms. The van der Waals surface area contributed by atoms with Gasteiger partial charge in [0, 0.05) is 6.42 Å². The standard InChI is InChI=1S/C14H20O3S/c1-4-6-13(15)14(5-2)18(16,17)12-9-7-11(3)8-10-12/h7-10,14H,4-6H2,1-3H3. The zero-order chi connectivity index (χ0) is 13.8. The number of rotatable bonds is 6. The molecule has 0 aliphatic carbocycles. The normalized spacial score (nSPS) is 13.3. The maximum Gasteiger partial charge on any atom is 0.188 e.